The second-order valence-electron chi connectivity index (χ2n) is 4.98. The molecule has 0 spiro atoms. The summed E-state index contributed by atoms with van der Waals surface area (Å²) < 4.78 is 30.1. The van der Waals surface area contributed by atoms with Crippen LogP contribution in [0.25, 0.3) is 0 Å². The molecule has 1 aromatic rings. The molecule has 1 aromatic carbocycles. The van der Waals surface area contributed by atoms with E-state index in [9.17, 15) is 13.4 Å². The highest BCUT2D eigenvalue weighted by atomic mass is 32.2. The highest BCUT2D eigenvalue weighted by Crippen LogP contribution is 2.06. The van der Waals surface area contributed by atoms with Crippen LogP contribution >= 0.6 is 0 Å². The third-order valence-corrected chi connectivity index (χ3v) is 3.84. The Bertz CT molecular complexity index is 480. The summed E-state index contributed by atoms with van der Waals surface area (Å²) in [6, 6.07) is 5.93. The van der Waals surface area contributed by atoms with Gasteiger partial charge in [0, 0.05) is 29.7 Å². The van der Waals surface area contributed by atoms with Gasteiger partial charge >= 0.3 is 0 Å². The largest absolute Gasteiger partial charge is 0.379 e. The third kappa shape index (κ3) is 8.57. The van der Waals surface area contributed by atoms with Crippen molar-refractivity contribution in [3.8, 4) is 0 Å². The van der Waals surface area contributed by atoms with E-state index in [1.165, 1.54) is 12.1 Å². The average Bonchev–Trinajstić information content (AvgIpc) is 2.37. The van der Waals surface area contributed by atoms with Gasteiger partial charge in [0.1, 0.15) is 11.6 Å². The smallest absolute Gasteiger partial charge is 0.232 e. The van der Waals surface area contributed by atoms with E-state index >= 15 is 0 Å². The van der Waals surface area contributed by atoms with Crippen molar-refractivity contribution in [2.75, 3.05) is 18.9 Å². The van der Waals surface area contributed by atoms with Crippen molar-refractivity contribution in [2.45, 2.75) is 32.1 Å². The third-order valence-electron chi connectivity index (χ3n) is 2.60. The number of hydrogen-bond donors (Lipinski definition) is 1. The van der Waals surface area contributed by atoms with Crippen LogP contribution < -0.4 is 5.32 Å². The predicted octanol–water partition coefficient (Wildman–Crippen LogP) is 2.01. The number of hydrogen-bond acceptors (Lipinski definition) is 3. The van der Waals surface area contributed by atoms with Crippen LogP contribution in [0.1, 0.15) is 25.8 Å². The fourth-order valence-electron chi connectivity index (χ4n) is 1.68. The number of carbonyl (C=O) groups excluding carboxylic acids is 1. The molecule has 0 radical (unpaired) electrons. The van der Waals surface area contributed by atoms with E-state index < -0.39 is 10.8 Å². The number of rotatable bonds is 9. The highest BCUT2D eigenvalue weighted by Gasteiger charge is 2.09. The van der Waals surface area contributed by atoms with Crippen LogP contribution in [0.15, 0.2) is 24.3 Å². The molecular formula is C15H22FNO3S. The molecule has 0 aliphatic heterocycles. The maximum absolute atomic E-state index is 13.0. The molecule has 6 heteroatoms. The lowest BCUT2D eigenvalue weighted by molar-refractivity contribution is -0.118. The molecular weight excluding hydrogens is 293 g/mol. The SMILES string of the molecule is CC(C)OCCCNC(=O)CS(=O)Cc1cccc(F)c1. The average molecular weight is 315 g/mol. The summed E-state index contributed by atoms with van der Waals surface area (Å²) in [5.74, 6) is -0.503. The lowest BCUT2D eigenvalue weighted by Gasteiger charge is -2.08. The van der Waals surface area contributed by atoms with E-state index in [0.29, 0.717) is 18.7 Å². The molecule has 1 unspecified atom stereocenters. The van der Waals surface area contributed by atoms with E-state index in [1.54, 1.807) is 12.1 Å². The van der Waals surface area contributed by atoms with Crippen molar-refractivity contribution in [2.24, 2.45) is 0 Å². The fourth-order valence-corrected chi connectivity index (χ4v) is 2.73. The Morgan fingerprint density at radius 2 is 2.19 bits per heavy atom. The van der Waals surface area contributed by atoms with Crippen molar-refractivity contribution in [3.63, 3.8) is 0 Å². The van der Waals surface area contributed by atoms with Crippen LogP contribution in [0.4, 0.5) is 4.39 Å². The minimum absolute atomic E-state index is 0.0679. The molecule has 1 rings (SSSR count). The van der Waals surface area contributed by atoms with Crippen LogP contribution in [0.5, 0.6) is 0 Å². The lowest BCUT2D eigenvalue weighted by Crippen LogP contribution is -2.30. The van der Waals surface area contributed by atoms with Crippen molar-refractivity contribution < 1.29 is 18.1 Å². The number of halogens is 1. The highest BCUT2D eigenvalue weighted by molar-refractivity contribution is 7.84. The van der Waals surface area contributed by atoms with Gasteiger partial charge in [0.2, 0.25) is 5.91 Å². The lowest BCUT2D eigenvalue weighted by atomic mass is 10.2. The molecule has 0 aromatic heterocycles. The van der Waals surface area contributed by atoms with Crippen LogP contribution in [-0.2, 0) is 26.1 Å². The Morgan fingerprint density at radius 1 is 1.43 bits per heavy atom. The van der Waals surface area contributed by atoms with Gasteiger partial charge in [-0.1, -0.05) is 12.1 Å². The zero-order chi connectivity index (χ0) is 15.7. The summed E-state index contributed by atoms with van der Waals surface area (Å²) in [6.45, 7) is 5.00. The van der Waals surface area contributed by atoms with Gasteiger partial charge in [-0.3, -0.25) is 9.00 Å². The Hall–Kier alpha value is -1.27. The van der Waals surface area contributed by atoms with E-state index in [4.69, 9.17) is 4.74 Å². The Morgan fingerprint density at radius 3 is 2.86 bits per heavy atom. The summed E-state index contributed by atoms with van der Waals surface area (Å²) in [7, 11) is -1.33. The molecule has 4 nitrogen and oxygen atoms in total. The molecule has 0 bridgehead atoms. The number of amides is 1. The Balaban J connectivity index is 2.20. The summed E-state index contributed by atoms with van der Waals surface area (Å²) >= 11 is 0. The normalized spacial score (nSPS) is 12.4. The molecule has 21 heavy (non-hydrogen) atoms. The first-order valence-electron chi connectivity index (χ1n) is 6.95. The quantitative estimate of drug-likeness (QED) is 0.709. The van der Waals surface area contributed by atoms with Crippen molar-refractivity contribution in [1.82, 2.24) is 5.32 Å². The number of benzene rings is 1. The van der Waals surface area contributed by atoms with Crippen molar-refractivity contribution >= 4 is 16.7 Å². The molecule has 0 aliphatic rings. The first-order valence-corrected chi connectivity index (χ1v) is 8.44. The maximum atomic E-state index is 13.0. The van der Waals surface area contributed by atoms with Crippen LogP contribution in [-0.4, -0.2) is 35.1 Å². The van der Waals surface area contributed by atoms with Gasteiger partial charge in [0.15, 0.2) is 0 Å². The minimum atomic E-state index is -1.33. The van der Waals surface area contributed by atoms with Gasteiger partial charge in [-0.15, -0.1) is 0 Å². The van der Waals surface area contributed by atoms with E-state index in [0.717, 1.165) is 6.42 Å². The number of nitrogens with one attached hydrogen (secondary N) is 1. The number of carbonyl (C=O) groups is 1. The Kier molecular flexibility index (Phi) is 8.15. The first kappa shape index (κ1) is 17.8. The monoisotopic (exact) mass is 315 g/mol. The van der Waals surface area contributed by atoms with Gasteiger partial charge in [-0.2, -0.15) is 0 Å². The molecule has 118 valence electrons. The molecule has 1 atom stereocenters. The first-order chi connectivity index (χ1) is 9.97. The van der Waals surface area contributed by atoms with E-state index in [2.05, 4.69) is 5.32 Å². The summed E-state index contributed by atoms with van der Waals surface area (Å²) in [4.78, 5) is 11.6. The molecule has 0 saturated heterocycles. The molecule has 0 saturated carbocycles. The van der Waals surface area contributed by atoms with Crippen molar-refractivity contribution in [3.05, 3.63) is 35.6 Å². The zero-order valence-electron chi connectivity index (χ0n) is 12.4. The van der Waals surface area contributed by atoms with Gasteiger partial charge < -0.3 is 10.1 Å². The Labute approximate surface area is 127 Å². The van der Waals surface area contributed by atoms with Crippen LogP contribution in [0.3, 0.4) is 0 Å². The van der Waals surface area contributed by atoms with Gasteiger partial charge in [-0.25, -0.2) is 4.39 Å². The second kappa shape index (κ2) is 9.63. The minimum Gasteiger partial charge on any atom is -0.379 e. The standard InChI is InChI=1S/C15H22FNO3S/c1-12(2)20-8-4-7-17-15(18)11-21(19)10-13-5-3-6-14(16)9-13/h3,5-6,9,12H,4,7-8,10-11H2,1-2H3,(H,17,18). The van der Waals surface area contributed by atoms with E-state index in [-0.39, 0.29) is 29.3 Å². The molecule has 1 N–H and O–H groups in total. The zero-order valence-corrected chi connectivity index (χ0v) is 13.2. The number of ether oxygens (including phenoxy) is 1. The summed E-state index contributed by atoms with van der Waals surface area (Å²) in [6.07, 6.45) is 0.903. The maximum Gasteiger partial charge on any atom is 0.232 e. The van der Waals surface area contributed by atoms with Gasteiger partial charge in [-0.05, 0) is 38.0 Å². The van der Waals surface area contributed by atoms with Crippen molar-refractivity contribution in [1.29, 1.82) is 0 Å². The van der Waals surface area contributed by atoms with E-state index in [1.807, 2.05) is 13.8 Å². The second-order valence-corrected chi connectivity index (χ2v) is 6.44. The fraction of sp³-hybridized carbons (Fsp3) is 0.533. The van der Waals surface area contributed by atoms with Gasteiger partial charge in [0.05, 0.1) is 6.10 Å². The molecule has 0 aliphatic carbocycles. The molecule has 0 fully saturated rings. The topological polar surface area (TPSA) is 55.4 Å². The van der Waals surface area contributed by atoms with Gasteiger partial charge in [0.25, 0.3) is 0 Å². The van der Waals surface area contributed by atoms with Crippen LogP contribution in [0.2, 0.25) is 0 Å². The molecule has 1 amide bonds. The van der Waals surface area contributed by atoms with Crippen LogP contribution in [0, 0.1) is 5.82 Å². The summed E-state index contributed by atoms with van der Waals surface area (Å²) in [5, 5.41) is 2.70. The molecule has 0 heterocycles. The predicted molar refractivity (Wildman–Crippen MR) is 81.8 cm³/mol. The summed E-state index contributed by atoms with van der Waals surface area (Å²) in [5.41, 5.74) is 0.631.